The molecule has 1 aromatic rings. The second-order valence-electron chi connectivity index (χ2n) is 6.74. The van der Waals surface area contributed by atoms with E-state index in [4.69, 9.17) is 0 Å². The first kappa shape index (κ1) is 18.1. The van der Waals surface area contributed by atoms with Crippen LogP contribution in [0.5, 0.6) is 0 Å². The fraction of sp³-hybridized carbons (Fsp3) is 0.611. The number of halogens is 2. The van der Waals surface area contributed by atoms with E-state index in [1.54, 1.807) is 12.1 Å². The van der Waals surface area contributed by atoms with Gasteiger partial charge in [0.2, 0.25) is 0 Å². The minimum atomic E-state index is -0.855. The van der Waals surface area contributed by atoms with Gasteiger partial charge in [0.15, 0.2) is 0 Å². The Labute approximate surface area is 147 Å². The van der Waals surface area contributed by atoms with E-state index < -0.39 is 6.17 Å². The van der Waals surface area contributed by atoms with Crippen LogP contribution in [0.3, 0.4) is 0 Å². The lowest BCUT2D eigenvalue weighted by atomic mass is 10.1. The topological polar surface area (TPSA) is 47.6 Å². The molecule has 1 aromatic carbocycles. The van der Waals surface area contributed by atoms with E-state index in [1.807, 2.05) is 4.90 Å². The van der Waals surface area contributed by atoms with Crippen molar-refractivity contribution in [2.24, 2.45) is 0 Å². The summed E-state index contributed by atoms with van der Waals surface area (Å²) in [5, 5.41) is 5.76. The molecule has 2 fully saturated rings. The molecule has 2 heterocycles. The number of hydrogen-bond donors (Lipinski definition) is 2. The normalized spacial score (nSPS) is 24.5. The van der Waals surface area contributed by atoms with Gasteiger partial charge < -0.3 is 20.4 Å². The van der Waals surface area contributed by atoms with Gasteiger partial charge in [-0.1, -0.05) is 6.92 Å². The summed E-state index contributed by atoms with van der Waals surface area (Å²) < 4.78 is 27.6. The summed E-state index contributed by atoms with van der Waals surface area (Å²) in [6.45, 7) is 7.22. The minimum Gasteiger partial charge on any atom is -0.367 e. The Morgan fingerprint density at radius 1 is 1.32 bits per heavy atom. The Hall–Kier alpha value is -1.73. The molecule has 3 rings (SSSR count). The highest BCUT2D eigenvalue weighted by molar-refractivity contribution is 5.94. The first-order valence-corrected chi connectivity index (χ1v) is 8.99. The molecule has 2 saturated heterocycles. The Morgan fingerprint density at radius 2 is 2.08 bits per heavy atom. The highest BCUT2D eigenvalue weighted by Gasteiger charge is 2.24. The van der Waals surface area contributed by atoms with Crippen molar-refractivity contribution in [2.75, 3.05) is 50.7 Å². The average Bonchev–Trinajstić information content (AvgIpc) is 3.05. The van der Waals surface area contributed by atoms with Crippen LogP contribution in [-0.2, 0) is 0 Å². The zero-order chi connectivity index (χ0) is 17.8. The van der Waals surface area contributed by atoms with Gasteiger partial charge in [-0.15, -0.1) is 0 Å². The molecule has 1 amide bonds. The van der Waals surface area contributed by atoms with E-state index in [2.05, 4.69) is 22.5 Å². The van der Waals surface area contributed by atoms with Crippen molar-refractivity contribution in [1.29, 1.82) is 0 Å². The summed E-state index contributed by atoms with van der Waals surface area (Å²) in [5.41, 5.74) is 0.841. The summed E-state index contributed by atoms with van der Waals surface area (Å²) in [4.78, 5) is 16.5. The maximum absolute atomic E-state index is 14.5. The quantitative estimate of drug-likeness (QED) is 0.841. The van der Waals surface area contributed by atoms with Gasteiger partial charge in [-0.2, -0.15) is 0 Å². The molecule has 0 aromatic heterocycles. The molecule has 0 unspecified atom stereocenters. The molecule has 2 aliphatic rings. The van der Waals surface area contributed by atoms with E-state index >= 15 is 0 Å². The Kier molecular flexibility index (Phi) is 5.86. The number of alkyl halides is 1. The van der Waals surface area contributed by atoms with Gasteiger partial charge in [-0.3, -0.25) is 4.79 Å². The van der Waals surface area contributed by atoms with E-state index in [1.165, 1.54) is 6.07 Å². The van der Waals surface area contributed by atoms with Crippen LogP contribution in [0.4, 0.5) is 14.5 Å². The summed E-state index contributed by atoms with van der Waals surface area (Å²) in [6, 6.07) is 4.56. The van der Waals surface area contributed by atoms with Crippen LogP contribution in [0.1, 0.15) is 23.7 Å². The third-order valence-corrected chi connectivity index (χ3v) is 5.05. The van der Waals surface area contributed by atoms with Crippen molar-refractivity contribution in [3.05, 3.63) is 29.6 Å². The molecule has 0 saturated carbocycles. The fourth-order valence-electron chi connectivity index (χ4n) is 3.45. The zero-order valence-corrected chi connectivity index (χ0v) is 14.6. The van der Waals surface area contributed by atoms with E-state index in [9.17, 15) is 13.6 Å². The Balaban J connectivity index is 1.56. The zero-order valence-electron chi connectivity index (χ0n) is 14.6. The molecule has 7 heteroatoms. The molecule has 0 radical (unpaired) electrons. The van der Waals surface area contributed by atoms with Crippen LogP contribution in [0, 0.1) is 5.82 Å². The van der Waals surface area contributed by atoms with Crippen molar-refractivity contribution in [3.63, 3.8) is 0 Å². The van der Waals surface area contributed by atoms with E-state index in [-0.39, 0.29) is 17.8 Å². The van der Waals surface area contributed by atoms with Crippen LogP contribution < -0.4 is 15.5 Å². The largest absolute Gasteiger partial charge is 0.367 e. The van der Waals surface area contributed by atoms with Crippen LogP contribution >= 0.6 is 0 Å². The third kappa shape index (κ3) is 4.46. The minimum absolute atomic E-state index is 0.0575. The maximum Gasteiger partial charge on any atom is 0.251 e. The van der Waals surface area contributed by atoms with Gasteiger partial charge in [0.05, 0.1) is 5.69 Å². The van der Waals surface area contributed by atoms with Gasteiger partial charge in [-0.05, 0) is 31.2 Å². The number of nitrogens with one attached hydrogen (secondary N) is 2. The van der Waals surface area contributed by atoms with Crippen LogP contribution in [0.25, 0.3) is 0 Å². The van der Waals surface area contributed by atoms with Crippen molar-refractivity contribution >= 4 is 11.6 Å². The van der Waals surface area contributed by atoms with Crippen LogP contribution in [0.2, 0.25) is 0 Å². The van der Waals surface area contributed by atoms with Crippen molar-refractivity contribution in [2.45, 2.75) is 25.6 Å². The number of carbonyl (C=O) groups is 1. The lowest BCUT2D eigenvalue weighted by Crippen LogP contribution is -2.46. The first-order chi connectivity index (χ1) is 12.1. The average molecular weight is 352 g/mol. The number of benzene rings is 1. The predicted octanol–water partition coefficient (Wildman–Crippen LogP) is 1.40. The summed E-state index contributed by atoms with van der Waals surface area (Å²) in [7, 11) is 0. The van der Waals surface area contributed by atoms with Crippen molar-refractivity contribution in [1.82, 2.24) is 15.5 Å². The van der Waals surface area contributed by atoms with Crippen LogP contribution in [0.15, 0.2) is 18.2 Å². The second-order valence-corrected chi connectivity index (χ2v) is 6.74. The molecule has 2 N–H and O–H groups in total. The van der Waals surface area contributed by atoms with Gasteiger partial charge in [-0.25, -0.2) is 8.78 Å². The smallest absolute Gasteiger partial charge is 0.251 e. The standard InChI is InChI=1S/C18H26F2N4O/c1-2-23-5-7-24(8-6-23)17-4-3-13(9-16(17)20)18(25)22-12-15-10-14(19)11-21-15/h3-4,9,14-15,21H,2,5-8,10-12H2,1H3,(H,22,25)/t14-,15-/m0/s1. The van der Waals surface area contributed by atoms with Gasteiger partial charge >= 0.3 is 0 Å². The number of anilines is 1. The highest BCUT2D eigenvalue weighted by Crippen LogP contribution is 2.22. The van der Waals surface area contributed by atoms with Crippen molar-refractivity contribution in [3.8, 4) is 0 Å². The maximum atomic E-state index is 14.5. The number of likely N-dealkylation sites (N-methyl/N-ethyl adjacent to an activating group) is 1. The Morgan fingerprint density at radius 3 is 2.68 bits per heavy atom. The Bertz CT molecular complexity index is 605. The first-order valence-electron chi connectivity index (χ1n) is 8.99. The van der Waals surface area contributed by atoms with E-state index in [0.29, 0.717) is 30.8 Å². The van der Waals surface area contributed by atoms with E-state index in [0.717, 1.165) is 32.7 Å². The lowest BCUT2D eigenvalue weighted by molar-refractivity contribution is 0.0949. The molecule has 2 atom stereocenters. The number of rotatable bonds is 5. The predicted molar refractivity (Wildman–Crippen MR) is 94.4 cm³/mol. The second kappa shape index (κ2) is 8.10. The SMILES string of the molecule is CCN1CCN(c2ccc(C(=O)NC[C@@H]3C[C@H](F)CN3)cc2F)CC1. The highest BCUT2D eigenvalue weighted by atomic mass is 19.1. The monoisotopic (exact) mass is 352 g/mol. The summed E-state index contributed by atoms with van der Waals surface area (Å²) >= 11 is 0. The van der Waals surface area contributed by atoms with Crippen molar-refractivity contribution < 1.29 is 13.6 Å². The fourth-order valence-corrected chi connectivity index (χ4v) is 3.45. The molecular weight excluding hydrogens is 326 g/mol. The third-order valence-electron chi connectivity index (χ3n) is 5.05. The lowest BCUT2D eigenvalue weighted by Gasteiger charge is -2.35. The molecular formula is C18H26F2N4O. The molecule has 25 heavy (non-hydrogen) atoms. The summed E-state index contributed by atoms with van der Waals surface area (Å²) in [5.74, 6) is -0.703. The van der Waals surface area contributed by atoms with Crippen LogP contribution in [-0.4, -0.2) is 68.8 Å². The molecule has 0 bridgehead atoms. The molecule has 0 spiro atoms. The molecule has 138 valence electrons. The number of piperazine rings is 1. The molecule has 2 aliphatic heterocycles. The molecule has 0 aliphatic carbocycles. The number of amides is 1. The van der Waals surface area contributed by atoms with Gasteiger partial charge in [0, 0.05) is 50.9 Å². The van der Waals surface area contributed by atoms with Gasteiger partial charge in [0.25, 0.3) is 5.91 Å². The summed E-state index contributed by atoms with van der Waals surface area (Å²) in [6.07, 6.45) is -0.455. The molecule has 5 nitrogen and oxygen atoms in total. The van der Waals surface area contributed by atoms with Gasteiger partial charge in [0.1, 0.15) is 12.0 Å². The number of hydrogen-bond acceptors (Lipinski definition) is 4. The number of nitrogens with zero attached hydrogens (tertiary/aromatic N) is 2. The number of carbonyl (C=O) groups excluding carboxylic acids is 1.